The average Bonchev–Trinajstić information content (AvgIpc) is 2.85. The Kier molecular flexibility index (Phi) is 2.02. The van der Waals surface area contributed by atoms with E-state index in [1.54, 1.807) is 0 Å². The van der Waals surface area contributed by atoms with E-state index in [1.807, 2.05) is 25.1 Å². The molecule has 0 aromatic heterocycles. The molecule has 0 amide bonds. The second-order valence-electron chi connectivity index (χ2n) is 4.29. The maximum atomic E-state index is 11.5. The van der Waals surface area contributed by atoms with Crippen molar-refractivity contribution < 1.29 is 14.3 Å². The van der Waals surface area contributed by atoms with Gasteiger partial charge in [-0.1, -0.05) is 6.92 Å². The standard InChI is InChI=1S/C12H13NO3/c1-8-5-13(6-10(8)14)9-2-3-11-12(4-9)16-7-15-11/h2-4,8H,5-7H2,1H3. The van der Waals surface area contributed by atoms with Crippen LogP contribution in [0.15, 0.2) is 18.2 Å². The van der Waals surface area contributed by atoms with Crippen LogP contribution in [0.2, 0.25) is 0 Å². The summed E-state index contributed by atoms with van der Waals surface area (Å²) in [6, 6.07) is 5.80. The first-order valence-electron chi connectivity index (χ1n) is 5.41. The summed E-state index contributed by atoms with van der Waals surface area (Å²) in [7, 11) is 0. The summed E-state index contributed by atoms with van der Waals surface area (Å²) in [5.74, 6) is 1.98. The summed E-state index contributed by atoms with van der Waals surface area (Å²) in [6.07, 6.45) is 0. The van der Waals surface area contributed by atoms with Crippen molar-refractivity contribution in [2.24, 2.45) is 5.92 Å². The third kappa shape index (κ3) is 1.41. The highest BCUT2D eigenvalue weighted by molar-refractivity contribution is 5.89. The van der Waals surface area contributed by atoms with E-state index in [9.17, 15) is 4.79 Å². The molecule has 1 unspecified atom stereocenters. The van der Waals surface area contributed by atoms with Crippen molar-refractivity contribution in [3.8, 4) is 11.5 Å². The van der Waals surface area contributed by atoms with Gasteiger partial charge in [0.2, 0.25) is 6.79 Å². The Hall–Kier alpha value is -1.71. The van der Waals surface area contributed by atoms with Crippen molar-refractivity contribution in [3.05, 3.63) is 18.2 Å². The number of rotatable bonds is 1. The zero-order valence-corrected chi connectivity index (χ0v) is 9.10. The fourth-order valence-electron chi connectivity index (χ4n) is 2.12. The fraction of sp³-hybridized carbons (Fsp3) is 0.417. The van der Waals surface area contributed by atoms with Crippen molar-refractivity contribution in [3.63, 3.8) is 0 Å². The van der Waals surface area contributed by atoms with E-state index in [-0.39, 0.29) is 12.7 Å². The highest BCUT2D eigenvalue weighted by atomic mass is 16.7. The summed E-state index contributed by atoms with van der Waals surface area (Å²) >= 11 is 0. The van der Waals surface area contributed by atoms with Crippen LogP contribution in [0.1, 0.15) is 6.92 Å². The van der Waals surface area contributed by atoms with Gasteiger partial charge in [-0.05, 0) is 12.1 Å². The largest absolute Gasteiger partial charge is 0.454 e. The van der Waals surface area contributed by atoms with Crippen molar-refractivity contribution in [2.75, 3.05) is 24.8 Å². The van der Waals surface area contributed by atoms with Gasteiger partial charge in [0.1, 0.15) is 0 Å². The second kappa shape index (κ2) is 3.40. The summed E-state index contributed by atoms with van der Waals surface area (Å²) in [4.78, 5) is 13.6. The first kappa shape index (κ1) is 9.51. The molecule has 4 nitrogen and oxygen atoms in total. The summed E-state index contributed by atoms with van der Waals surface area (Å²) in [6.45, 7) is 3.54. The number of hydrogen-bond donors (Lipinski definition) is 0. The normalized spacial score (nSPS) is 22.9. The minimum Gasteiger partial charge on any atom is -0.454 e. The lowest BCUT2D eigenvalue weighted by Crippen LogP contribution is -2.19. The molecule has 0 bridgehead atoms. The van der Waals surface area contributed by atoms with Gasteiger partial charge in [-0.15, -0.1) is 0 Å². The molecule has 1 aromatic carbocycles. The Morgan fingerprint density at radius 2 is 2.12 bits per heavy atom. The van der Waals surface area contributed by atoms with Crippen molar-refractivity contribution in [1.29, 1.82) is 0 Å². The number of benzene rings is 1. The van der Waals surface area contributed by atoms with Gasteiger partial charge in [-0.25, -0.2) is 0 Å². The lowest BCUT2D eigenvalue weighted by atomic mass is 10.1. The number of carbonyl (C=O) groups is 1. The van der Waals surface area contributed by atoms with Crippen molar-refractivity contribution >= 4 is 11.5 Å². The third-order valence-corrected chi connectivity index (χ3v) is 3.11. The molecule has 4 heteroatoms. The minimum atomic E-state index is 0.130. The van der Waals surface area contributed by atoms with E-state index in [2.05, 4.69) is 4.90 Å². The number of hydrogen-bond acceptors (Lipinski definition) is 4. The summed E-state index contributed by atoms with van der Waals surface area (Å²) < 4.78 is 10.6. The van der Waals surface area contributed by atoms with Crippen LogP contribution < -0.4 is 14.4 Å². The monoisotopic (exact) mass is 219 g/mol. The molecule has 16 heavy (non-hydrogen) atoms. The number of Topliss-reactive ketones (excluding diaryl/α,β-unsaturated/α-hetero) is 1. The molecule has 2 aliphatic heterocycles. The van der Waals surface area contributed by atoms with Crippen LogP contribution in [0.4, 0.5) is 5.69 Å². The van der Waals surface area contributed by atoms with E-state index in [4.69, 9.17) is 9.47 Å². The highest BCUT2D eigenvalue weighted by Gasteiger charge is 2.28. The molecule has 0 aliphatic carbocycles. The van der Waals surface area contributed by atoms with Crippen LogP contribution in [0.25, 0.3) is 0 Å². The van der Waals surface area contributed by atoms with Gasteiger partial charge in [-0.3, -0.25) is 4.79 Å². The zero-order valence-electron chi connectivity index (χ0n) is 9.10. The van der Waals surface area contributed by atoms with Crippen LogP contribution in [0.5, 0.6) is 11.5 Å². The summed E-state index contributed by atoms with van der Waals surface area (Å²) in [5.41, 5.74) is 1.03. The molecule has 1 atom stereocenters. The topological polar surface area (TPSA) is 38.8 Å². The Bertz CT molecular complexity index is 444. The SMILES string of the molecule is CC1CN(c2ccc3c(c2)OCO3)CC1=O. The fourth-order valence-corrected chi connectivity index (χ4v) is 2.12. The van der Waals surface area contributed by atoms with Gasteiger partial charge in [0.15, 0.2) is 17.3 Å². The molecule has 1 fully saturated rings. The predicted octanol–water partition coefficient (Wildman–Crippen LogP) is 1.44. The minimum absolute atomic E-state index is 0.130. The third-order valence-electron chi connectivity index (χ3n) is 3.11. The molecule has 0 N–H and O–H groups in total. The average molecular weight is 219 g/mol. The molecule has 0 saturated carbocycles. The van der Waals surface area contributed by atoms with Gasteiger partial charge in [-0.2, -0.15) is 0 Å². The lowest BCUT2D eigenvalue weighted by molar-refractivity contribution is -0.118. The molecular formula is C12H13NO3. The molecule has 2 aliphatic rings. The zero-order chi connectivity index (χ0) is 11.1. The van der Waals surface area contributed by atoms with Crippen LogP contribution in [0, 0.1) is 5.92 Å². The predicted molar refractivity (Wildman–Crippen MR) is 58.9 cm³/mol. The van der Waals surface area contributed by atoms with Gasteiger partial charge in [0.05, 0.1) is 6.54 Å². The van der Waals surface area contributed by atoms with Crippen LogP contribution in [0.3, 0.4) is 0 Å². The molecule has 84 valence electrons. The Balaban J connectivity index is 1.88. The first-order chi connectivity index (χ1) is 7.74. The quantitative estimate of drug-likeness (QED) is 0.716. The molecule has 1 aromatic rings. The van der Waals surface area contributed by atoms with E-state index in [0.717, 1.165) is 23.7 Å². The lowest BCUT2D eigenvalue weighted by Gasteiger charge is -2.17. The maximum absolute atomic E-state index is 11.5. The smallest absolute Gasteiger partial charge is 0.231 e. The van der Waals surface area contributed by atoms with Crippen LogP contribution >= 0.6 is 0 Å². The number of ether oxygens (including phenoxy) is 2. The Morgan fingerprint density at radius 3 is 2.88 bits per heavy atom. The van der Waals surface area contributed by atoms with Gasteiger partial charge >= 0.3 is 0 Å². The van der Waals surface area contributed by atoms with Crippen LogP contribution in [-0.2, 0) is 4.79 Å². The molecule has 1 saturated heterocycles. The van der Waals surface area contributed by atoms with Gasteiger partial charge in [0, 0.05) is 24.2 Å². The number of ketones is 1. The van der Waals surface area contributed by atoms with E-state index < -0.39 is 0 Å². The first-order valence-corrected chi connectivity index (χ1v) is 5.41. The maximum Gasteiger partial charge on any atom is 0.231 e. The Labute approximate surface area is 93.8 Å². The molecule has 3 rings (SSSR count). The van der Waals surface area contributed by atoms with Crippen molar-refractivity contribution in [2.45, 2.75) is 6.92 Å². The number of fused-ring (bicyclic) bond motifs is 1. The number of anilines is 1. The highest BCUT2D eigenvalue weighted by Crippen LogP contribution is 2.36. The van der Waals surface area contributed by atoms with E-state index in [0.29, 0.717) is 12.3 Å². The molecule has 0 radical (unpaired) electrons. The second-order valence-corrected chi connectivity index (χ2v) is 4.29. The van der Waals surface area contributed by atoms with E-state index >= 15 is 0 Å². The number of nitrogens with zero attached hydrogens (tertiary/aromatic N) is 1. The van der Waals surface area contributed by atoms with Crippen molar-refractivity contribution in [1.82, 2.24) is 0 Å². The van der Waals surface area contributed by atoms with Crippen LogP contribution in [-0.4, -0.2) is 25.7 Å². The molecule has 0 spiro atoms. The molecular weight excluding hydrogens is 206 g/mol. The summed E-state index contributed by atoms with van der Waals surface area (Å²) in [5, 5.41) is 0. The van der Waals surface area contributed by atoms with Gasteiger partial charge < -0.3 is 14.4 Å². The number of carbonyl (C=O) groups excluding carboxylic acids is 1. The Morgan fingerprint density at radius 1 is 1.31 bits per heavy atom. The van der Waals surface area contributed by atoms with Gasteiger partial charge in [0.25, 0.3) is 0 Å². The van der Waals surface area contributed by atoms with E-state index in [1.165, 1.54) is 0 Å². The molecule has 2 heterocycles.